The Morgan fingerprint density at radius 1 is 1.07 bits per heavy atom. The second-order valence-electron chi connectivity index (χ2n) is 7.73. The normalized spacial score (nSPS) is 22.0. The molecule has 2 aliphatic heterocycles. The highest BCUT2D eigenvalue weighted by atomic mass is 16.5. The number of rotatable bonds is 3. The number of aromatic nitrogens is 4. The summed E-state index contributed by atoms with van der Waals surface area (Å²) in [5, 5.41) is 4.42. The van der Waals surface area contributed by atoms with Gasteiger partial charge in [-0.25, -0.2) is 4.98 Å². The molecule has 0 spiro atoms. The third-order valence-electron chi connectivity index (χ3n) is 5.88. The van der Waals surface area contributed by atoms with Gasteiger partial charge in [-0.3, -0.25) is 4.90 Å². The van der Waals surface area contributed by atoms with E-state index in [1.165, 1.54) is 0 Å². The Balaban J connectivity index is 1.38. The number of anilines is 1. The van der Waals surface area contributed by atoms with E-state index in [-0.39, 0.29) is 0 Å². The maximum atomic E-state index is 5.71. The van der Waals surface area contributed by atoms with E-state index in [1.807, 2.05) is 22.7 Å². The molecule has 7 nitrogen and oxygen atoms in total. The van der Waals surface area contributed by atoms with Crippen molar-refractivity contribution >= 4 is 11.6 Å². The number of hydrogen-bond donors (Lipinski definition) is 0. The van der Waals surface area contributed by atoms with Gasteiger partial charge in [0.25, 0.3) is 5.78 Å². The SMILES string of the molecule is CC1CN(C2CCN(c3cc(-c4ccccc4)nc4ncnn34)CC2)CCO1. The molecule has 3 aromatic rings. The molecule has 2 fully saturated rings. The molecule has 0 bridgehead atoms. The third-order valence-corrected chi connectivity index (χ3v) is 5.88. The van der Waals surface area contributed by atoms with Crippen molar-refractivity contribution in [2.75, 3.05) is 37.7 Å². The van der Waals surface area contributed by atoms with Gasteiger partial charge in [-0.05, 0) is 19.8 Å². The molecule has 0 aliphatic carbocycles. The number of piperidine rings is 1. The van der Waals surface area contributed by atoms with Gasteiger partial charge in [-0.1, -0.05) is 30.3 Å². The number of fused-ring (bicyclic) bond motifs is 1. The van der Waals surface area contributed by atoms with Crippen LogP contribution in [0.15, 0.2) is 42.7 Å². The summed E-state index contributed by atoms with van der Waals surface area (Å²) >= 11 is 0. The zero-order valence-corrected chi connectivity index (χ0v) is 16.2. The second kappa shape index (κ2) is 7.48. The maximum Gasteiger partial charge on any atom is 0.254 e. The van der Waals surface area contributed by atoms with Crippen molar-refractivity contribution in [2.24, 2.45) is 0 Å². The fourth-order valence-electron chi connectivity index (χ4n) is 4.42. The van der Waals surface area contributed by atoms with Crippen LogP contribution in [0.2, 0.25) is 0 Å². The first kappa shape index (κ1) is 17.6. The highest BCUT2D eigenvalue weighted by molar-refractivity contribution is 5.65. The van der Waals surface area contributed by atoms with E-state index in [9.17, 15) is 0 Å². The first-order chi connectivity index (χ1) is 13.8. The molecule has 1 aromatic carbocycles. The zero-order valence-electron chi connectivity index (χ0n) is 16.2. The van der Waals surface area contributed by atoms with E-state index >= 15 is 0 Å². The summed E-state index contributed by atoms with van der Waals surface area (Å²) in [6.07, 6.45) is 4.25. The first-order valence-electron chi connectivity index (χ1n) is 10.1. The Labute approximate surface area is 165 Å². The molecule has 1 atom stereocenters. The molecule has 1 unspecified atom stereocenters. The van der Waals surface area contributed by atoms with Gasteiger partial charge in [0.15, 0.2) is 0 Å². The number of hydrogen-bond acceptors (Lipinski definition) is 6. The van der Waals surface area contributed by atoms with Crippen LogP contribution in [0.1, 0.15) is 19.8 Å². The lowest BCUT2D eigenvalue weighted by atomic mass is 10.0. The predicted molar refractivity (Wildman–Crippen MR) is 108 cm³/mol. The summed E-state index contributed by atoms with van der Waals surface area (Å²) in [5.41, 5.74) is 2.05. The largest absolute Gasteiger partial charge is 0.376 e. The molecule has 0 saturated carbocycles. The van der Waals surface area contributed by atoms with Gasteiger partial charge in [-0.2, -0.15) is 14.6 Å². The van der Waals surface area contributed by atoms with Crippen LogP contribution >= 0.6 is 0 Å². The van der Waals surface area contributed by atoms with Crippen LogP contribution in [-0.2, 0) is 4.74 Å². The van der Waals surface area contributed by atoms with E-state index in [2.05, 4.69) is 45.0 Å². The second-order valence-corrected chi connectivity index (χ2v) is 7.73. The Hall–Kier alpha value is -2.51. The zero-order chi connectivity index (χ0) is 18.9. The van der Waals surface area contributed by atoms with Crippen molar-refractivity contribution in [2.45, 2.75) is 31.9 Å². The fourth-order valence-corrected chi connectivity index (χ4v) is 4.42. The molecule has 0 radical (unpaired) electrons. The van der Waals surface area contributed by atoms with Gasteiger partial charge in [-0.15, -0.1) is 0 Å². The van der Waals surface area contributed by atoms with Crippen LogP contribution in [0.4, 0.5) is 5.82 Å². The van der Waals surface area contributed by atoms with E-state index < -0.39 is 0 Å². The summed E-state index contributed by atoms with van der Waals surface area (Å²) in [6.45, 7) is 7.16. The third kappa shape index (κ3) is 3.36. The highest BCUT2D eigenvalue weighted by Gasteiger charge is 2.29. The highest BCUT2D eigenvalue weighted by Crippen LogP contribution is 2.27. The maximum absolute atomic E-state index is 5.71. The van der Waals surface area contributed by atoms with Crippen LogP contribution in [0, 0.1) is 0 Å². The van der Waals surface area contributed by atoms with Crippen molar-refractivity contribution in [1.82, 2.24) is 24.5 Å². The summed E-state index contributed by atoms with van der Waals surface area (Å²) in [4.78, 5) is 14.1. The predicted octanol–water partition coefficient (Wildman–Crippen LogP) is 2.48. The van der Waals surface area contributed by atoms with Crippen molar-refractivity contribution in [3.63, 3.8) is 0 Å². The first-order valence-corrected chi connectivity index (χ1v) is 10.1. The number of nitrogens with zero attached hydrogens (tertiary/aromatic N) is 6. The van der Waals surface area contributed by atoms with Crippen LogP contribution in [-0.4, -0.2) is 69.4 Å². The molecule has 146 valence electrons. The molecular formula is C21H26N6O. The van der Waals surface area contributed by atoms with Gasteiger partial charge in [0, 0.05) is 43.9 Å². The summed E-state index contributed by atoms with van der Waals surface area (Å²) in [7, 11) is 0. The number of benzene rings is 1. The van der Waals surface area contributed by atoms with Gasteiger partial charge in [0.2, 0.25) is 0 Å². The van der Waals surface area contributed by atoms with E-state index in [0.29, 0.717) is 17.9 Å². The molecule has 28 heavy (non-hydrogen) atoms. The minimum atomic E-state index is 0.343. The topological polar surface area (TPSA) is 58.8 Å². The molecule has 2 aromatic heterocycles. The van der Waals surface area contributed by atoms with Gasteiger partial charge >= 0.3 is 0 Å². The van der Waals surface area contributed by atoms with Crippen LogP contribution < -0.4 is 4.90 Å². The lowest BCUT2D eigenvalue weighted by Crippen LogP contribution is -2.51. The van der Waals surface area contributed by atoms with Crippen molar-refractivity contribution in [3.05, 3.63) is 42.7 Å². The lowest BCUT2D eigenvalue weighted by Gasteiger charge is -2.42. The van der Waals surface area contributed by atoms with E-state index in [0.717, 1.165) is 62.7 Å². The standard InChI is InChI=1S/C21H26N6O/c1-16-14-26(11-12-28-16)18-7-9-25(10-8-18)20-13-19(17-5-3-2-4-6-17)24-21-22-15-23-27(20)21/h2-6,13,15-16,18H,7-12,14H2,1H3. The number of morpholine rings is 1. The molecular weight excluding hydrogens is 352 g/mol. The molecule has 0 N–H and O–H groups in total. The molecule has 2 saturated heterocycles. The Bertz CT molecular complexity index is 934. The monoisotopic (exact) mass is 378 g/mol. The van der Waals surface area contributed by atoms with E-state index in [1.54, 1.807) is 6.33 Å². The Morgan fingerprint density at radius 2 is 1.89 bits per heavy atom. The quantitative estimate of drug-likeness (QED) is 0.698. The Morgan fingerprint density at radius 3 is 2.68 bits per heavy atom. The number of ether oxygens (including phenoxy) is 1. The van der Waals surface area contributed by atoms with Gasteiger partial charge < -0.3 is 9.64 Å². The molecule has 2 aliphatic rings. The lowest BCUT2D eigenvalue weighted by molar-refractivity contribution is -0.0373. The minimum absolute atomic E-state index is 0.343. The summed E-state index contributed by atoms with van der Waals surface area (Å²) in [5.74, 6) is 1.73. The average Bonchev–Trinajstić information content (AvgIpc) is 3.23. The van der Waals surface area contributed by atoms with Crippen molar-refractivity contribution in [3.8, 4) is 11.3 Å². The van der Waals surface area contributed by atoms with Crippen molar-refractivity contribution in [1.29, 1.82) is 0 Å². The molecule has 7 heteroatoms. The van der Waals surface area contributed by atoms with E-state index in [4.69, 9.17) is 9.72 Å². The Kier molecular flexibility index (Phi) is 4.70. The average molecular weight is 378 g/mol. The van der Waals surface area contributed by atoms with Crippen molar-refractivity contribution < 1.29 is 4.74 Å². The smallest absolute Gasteiger partial charge is 0.254 e. The van der Waals surface area contributed by atoms with Gasteiger partial charge in [0.05, 0.1) is 18.4 Å². The minimum Gasteiger partial charge on any atom is -0.376 e. The van der Waals surface area contributed by atoms with Crippen LogP contribution in [0.25, 0.3) is 17.0 Å². The molecule has 4 heterocycles. The molecule has 5 rings (SSSR count). The fraction of sp³-hybridized carbons (Fsp3) is 0.476. The molecule has 0 amide bonds. The van der Waals surface area contributed by atoms with Crippen LogP contribution in [0.3, 0.4) is 0 Å². The summed E-state index contributed by atoms with van der Waals surface area (Å²) < 4.78 is 7.57. The summed E-state index contributed by atoms with van der Waals surface area (Å²) in [6, 6.07) is 13.1. The van der Waals surface area contributed by atoms with Gasteiger partial charge in [0.1, 0.15) is 12.1 Å². The van der Waals surface area contributed by atoms with Crippen LogP contribution in [0.5, 0.6) is 0 Å².